The van der Waals surface area contributed by atoms with Crippen LogP contribution in [-0.2, 0) is 12.8 Å². The molecule has 0 aliphatic heterocycles. The van der Waals surface area contributed by atoms with Crippen LogP contribution in [0.1, 0.15) is 28.0 Å². The summed E-state index contributed by atoms with van der Waals surface area (Å²) in [6.07, 6.45) is 7.08. The molecule has 2 aromatic heterocycles. The normalized spacial score (nSPS) is 13.8. The van der Waals surface area contributed by atoms with Crippen molar-refractivity contribution in [2.75, 3.05) is 0 Å². The maximum absolute atomic E-state index is 9.41. The molecule has 4 rings (SSSR count). The molecule has 0 saturated carbocycles. The number of halogens is 1. The number of aliphatic imine (C=N–C) groups is 1. The molecule has 0 fully saturated rings. The van der Waals surface area contributed by atoms with Gasteiger partial charge in [0, 0.05) is 38.2 Å². The number of hydrogen-bond acceptors (Lipinski definition) is 3. The van der Waals surface area contributed by atoms with E-state index in [4.69, 9.17) is 0 Å². The van der Waals surface area contributed by atoms with E-state index < -0.39 is 0 Å². The van der Waals surface area contributed by atoms with Crippen molar-refractivity contribution in [1.82, 2.24) is 4.98 Å². The van der Waals surface area contributed by atoms with Crippen LogP contribution in [0.2, 0.25) is 0 Å². The van der Waals surface area contributed by atoms with Gasteiger partial charge in [-0.05, 0) is 43.0 Å². The molecule has 108 valence electrons. The van der Waals surface area contributed by atoms with Crippen LogP contribution in [0.4, 0.5) is 5.00 Å². The second-order valence-corrected chi connectivity index (χ2v) is 7.34. The van der Waals surface area contributed by atoms with E-state index in [-0.39, 0.29) is 0 Å². The summed E-state index contributed by atoms with van der Waals surface area (Å²) in [5, 5.41) is 11.4. The summed E-state index contributed by atoms with van der Waals surface area (Å²) in [6, 6.07) is 8.46. The standard InChI is InChI=1S/C17H12BrN3S/c18-11-4-5-15-13(6-11)10(8-20-15)9-21-17-14(7-19)12-2-1-3-16(12)22-17/h4-6,8-9,20H,1-3H2/b21-9+. The third kappa shape index (κ3) is 2.20. The summed E-state index contributed by atoms with van der Waals surface area (Å²) in [5.41, 5.74) is 4.11. The number of aromatic nitrogens is 1. The molecule has 3 nitrogen and oxygen atoms in total. The van der Waals surface area contributed by atoms with Gasteiger partial charge in [0.1, 0.15) is 11.1 Å². The fourth-order valence-electron chi connectivity index (χ4n) is 2.95. The highest BCUT2D eigenvalue weighted by atomic mass is 79.9. The summed E-state index contributed by atoms with van der Waals surface area (Å²) in [7, 11) is 0. The molecule has 0 unspecified atom stereocenters. The first-order valence-corrected chi connectivity index (χ1v) is 8.72. The van der Waals surface area contributed by atoms with E-state index in [2.05, 4.69) is 38.0 Å². The number of aryl methyl sites for hydroxylation is 1. The number of thiophene rings is 1. The lowest BCUT2D eigenvalue weighted by molar-refractivity contribution is 0.913. The van der Waals surface area contributed by atoms with Crippen LogP contribution in [0.15, 0.2) is 33.9 Å². The lowest BCUT2D eigenvalue weighted by Gasteiger charge is -1.94. The Morgan fingerprint density at radius 3 is 3.14 bits per heavy atom. The molecule has 0 bridgehead atoms. The Morgan fingerprint density at radius 1 is 1.36 bits per heavy atom. The predicted molar refractivity (Wildman–Crippen MR) is 94.3 cm³/mol. The number of nitriles is 1. The van der Waals surface area contributed by atoms with Gasteiger partial charge in [-0.15, -0.1) is 11.3 Å². The van der Waals surface area contributed by atoms with Gasteiger partial charge in [-0.25, -0.2) is 4.99 Å². The molecular weight excluding hydrogens is 358 g/mol. The molecule has 1 N–H and O–H groups in total. The molecule has 22 heavy (non-hydrogen) atoms. The SMILES string of the molecule is N#Cc1c(/N=C/c2c[nH]c3ccc(Br)cc23)sc2c1CCC2. The number of hydrogen-bond donors (Lipinski definition) is 1. The highest BCUT2D eigenvalue weighted by Gasteiger charge is 2.21. The largest absolute Gasteiger partial charge is 0.361 e. The third-order valence-corrected chi connectivity index (χ3v) is 5.70. The van der Waals surface area contributed by atoms with Gasteiger partial charge in [-0.2, -0.15) is 5.26 Å². The van der Waals surface area contributed by atoms with Gasteiger partial charge in [0.05, 0.1) is 5.56 Å². The molecule has 5 heteroatoms. The Morgan fingerprint density at radius 2 is 2.27 bits per heavy atom. The lowest BCUT2D eigenvalue weighted by Crippen LogP contribution is -1.81. The monoisotopic (exact) mass is 369 g/mol. The van der Waals surface area contributed by atoms with Crippen LogP contribution in [0.3, 0.4) is 0 Å². The maximum atomic E-state index is 9.41. The summed E-state index contributed by atoms with van der Waals surface area (Å²) in [4.78, 5) is 9.18. The Labute approximate surface area is 140 Å². The molecule has 0 spiro atoms. The van der Waals surface area contributed by atoms with E-state index in [0.717, 1.165) is 50.8 Å². The first-order chi connectivity index (χ1) is 10.8. The fraction of sp³-hybridized carbons (Fsp3) is 0.176. The smallest absolute Gasteiger partial charge is 0.134 e. The highest BCUT2D eigenvalue weighted by molar-refractivity contribution is 9.10. The van der Waals surface area contributed by atoms with Crippen molar-refractivity contribution in [1.29, 1.82) is 5.26 Å². The zero-order chi connectivity index (χ0) is 15.1. The van der Waals surface area contributed by atoms with Gasteiger partial charge in [-0.3, -0.25) is 0 Å². The molecule has 0 atom stereocenters. The predicted octanol–water partition coefficient (Wildman–Crippen LogP) is 5.10. The Balaban J connectivity index is 1.75. The van der Waals surface area contributed by atoms with E-state index in [1.807, 2.05) is 24.5 Å². The quantitative estimate of drug-likeness (QED) is 0.627. The Bertz CT molecular complexity index is 943. The molecule has 1 aromatic carbocycles. The molecule has 0 radical (unpaired) electrons. The van der Waals surface area contributed by atoms with Crippen molar-refractivity contribution in [3.63, 3.8) is 0 Å². The second-order valence-electron chi connectivity index (χ2n) is 5.34. The van der Waals surface area contributed by atoms with E-state index in [1.165, 1.54) is 10.4 Å². The Hall–Kier alpha value is -1.90. The zero-order valence-corrected chi connectivity index (χ0v) is 14.1. The topological polar surface area (TPSA) is 51.9 Å². The molecule has 1 aliphatic rings. The average molecular weight is 370 g/mol. The summed E-state index contributed by atoms with van der Waals surface area (Å²) < 4.78 is 1.04. The first-order valence-electron chi connectivity index (χ1n) is 7.11. The summed E-state index contributed by atoms with van der Waals surface area (Å²) in [6.45, 7) is 0. The molecule has 0 amide bonds. The van der Waals surface area contributed by atoms with Crippen LogP contribution in [0.5, 0.6) is 0 Å². The highest BCUT2D eigenvalue weighted by Crippen LogP contribution is 2.40. The molecule has 3 aromatic rings. The van der Waals surface area contributed by atoms with Crippen LogP contribution in [0, 0.1) is 11.3 Å². The van der Waals surface area contributed by atoms with E-state index in [0.29, 0.717) is 0 Å². The molecule has 1 aliphatic carbocycles. The van der Waals surface area contributed by atoms with Gasteiger partial charge in [0.2, 0.25) is 0 Å². The van der Waals surface area contributed by atoms with Crippen molar-refractivity contribution >= 4 is 49.4 Å². The van der Waals surface area contributed by atoms with E-state index in [1.54, 1.807) is 11.3 Å². The van der Waals surface area contributed by atoms with Gasteiger partial charge < -0.3 is 4.98 Å². The molecule has 0 saturated heterocycles. The minimum Gasteiger partial charge on any atom is -0.361 e. The zero-order valence-electron chi connectivity index (χ0n) is 11.7. The summed E-state index contributed by atoms with van der Waals surface area (Å²) >= 11 is 5.16. The van der Waals surface area contributed by atoms with Crippen LogP contribution in [0.25, 0.3) is 10.9 Å². The second kappa shape index (κ2) is 5.38. The number of fused-ring (bicyclic) bond motifs is 2. The lowest BCUT2D eigenvalue weighted by atomic mass is 10.1. The van der Waals surface area contributed by atoms with Gasteiger partial charge in [0.15, 0.2) is 0 Å². The van der Waals surface area contributed by atoms with Crippen molar-refractivity contribution in [2.24, 2.45) is 4.99 Å². The van der Waals surface area contributed by atoms with Crippen molar-refractivity contribution in [2.45, 2.75) is 19.3 Å². The van der Waals surface area contributed by atoms with Crippen molar-refractivity contribution < 1.29 is 0 Å². The molecule has 2 heterocycles. The van der Waals surface area contributed by atoms with Gasteiger partial charge >= 0.3 is 0 Å². The van der Waals surface area contributed by atoms with E-state index in [9.17, 15) is 5.26 Å². The summed E-state index contributed by atoms with van der Waals surface area (Å²) in [5.74, 6) is 0. The van der Waals surface area contributed by atoms with Crippen LogP contribution in [-0.4, -0.2) is 11.2 Å². The minimum atomic E-state index is 0.773. The van der Waals surface area contributed by atoms with Crippen molar-refractivity contribution in [3.05, 3.63) is 50.4 Å². The number of aromatic amines is 1. The van der Waals surface area contributed by atoms with Gasteiger partial charge in [0.25, 0.3) is 0 Å². The number of nitrogens with zero attached hydrogens (tertiary/aromatic N) is 2. The molecular formula is C17H12BrN3S. The van der Waals surface area contributed by atoms with E-state index >= 15 is 0 Å². The van der Waals surface area contributed by atoms with Crippen LogP contribution >= 0.6 is 27.3 Å². The fourth-order valence-corrected chi connectivity index (χ4v) is 4.49. The minimum absolute atomic E-state index is 0.773. The van der Waals surface area contributed by atoms with Gasteiger partial charge in [-0.1, -0.05) is 15.9 Å². The number of benzene rings is 1. The number of H-pyrrole nitrogens is 1. The average Bonchev–Trinajstić information content (AvgIpc) is 3.18. The number of nitrogens with one attached hydrogen (secondary N) is 1. The number of rotatable bonds is 2. The Kier molecular flexibility index (Phi) is 3.36. The third-order valence-electron chi connectivity index (χ3n) is 4.01. The van der Waals surface area contributed by atoms with Crippen molar-refractivity contribution in [3.8, 4) is 6.07 Å². The van der Waals surface area contributed by atoms with Crippen LogP contribution < -0.4 is 0 Å². The first kappa shape index (κ1) is 13.7. The maximum Gasteiger partial charge on any atom is 0.134 e.